The molecule has 144 valence electrons. The zero-order chi connectivity index (χ0) is 19.8. The number of nitrogens with zero attached hydrogens (tertiary/aromatic N) is 2. The van der Waals surface area contributed by atoms with Crippen molar-refractivity contribution in [3.05, 3.63) is 41.1 Å². The smallest absolute Gasteiger partial charge is 0.362 e. The molecule has 0 spiro atoms. The van der Waals surface area contributed by atoms with Crippen molar-refractivity contribution in [3.63, 3.8) is 0 Å². The topological polar surface area (TPSA) is 110 Å². The second kappa shape index (κ2) is 9.67. The lowest BCUT2D eigenvalue weighted by Crippen LogP contribution is -2.26. The van der Waals surface area contributed by atoms with Gasteiger partial charge in [0.25, 0.3) is 5.91 Å². The Hall–Kier alpha value is -2.95. The monoisotopic (exact) mass is 398 g/mol. The van der Waals surface area contributed by atoms with E-state index in [0.29, 0.717) is 6.07 Å². The second-order valence-electron chi connectivity index (χ2n) is 5.20. The van der Waals surface area contributed by atoms with Crippen LogP contribution in [0.5, 0.6) is 0 Å². The van der Waals surface area contributed by atoms with Crippen LogP contribution >= 0.6 is 11.5 Å². The summed E-state index contributed by atoms with van der Waals surface area (Å²) in [5, 5.41) is 8.74. The maximum Gasteiger partial charge on any atom is 0.362 e. The van der Waals surface area contributed by atoms with Gasteiger partial charge in [-0.15, -0.1) is 5.10 Å². The van der Waals surface area contributed by atoms with E-state index in [4.69, 9.17) is 4.74 Å². The molecule has 1 aromatic carbocycles. The lowest BCUT2D eigenvalue weighted by Gasteiger charge is -2.07. The lowest BCUT2D eigenvalue weighted by molar-refractivity contribution is -0.116. The van der Waals surface area contributed by atoms with E-state index in [1.807, 2.05) is 0 Å². The highest BCUT2D eigenvalue weighted by Crippen LogP contribution is 2.19. The third kappa shape index (κ3) is 5.78. The van der Waals surface area contributed by atoms with Crippen molar-refractivity contribution < 1.29 is 27.9 Å². The molecule has 1 aromatic heterocycles. The minimum atomic E-state index is -0.963. The summed E-state index contributed by atoms with van der Waals surface area (Å²) < 4.78 is 34.7. The number of ether oxygens (including phenoxy) is 1. The van der Waals surface area contributed by atoms with Crippen LogP contribution in [0, 0.1) is 11.6 Å². The molecule has 2 aromatic rings. The summed E-state index contributed by atoms with van der Waals surface area (Å²) in [6.45, 7) is 1.91. The minimum absolute atomic E-state index is 0.0341. The van der Waals surface area contributed by atoms with Gasteiger partial charge in [-0.1, -0.05) is 4.49 Å². The molecule has 1 heterocycles. The van der Waals surface area contributed by atoms with Gasteiger partial charge in [0.15, 0.2) is 5.00 Å². The van der Waals surface area contributed by atoms with Crippen LogP contribution in [0.1, 0.15) is 40.6 Å². The van der Waals surface area contributed by atoms with Crippen LogP contribution in [0.4, 0.5) is 13.8 Å². The van der Waals surface area contributed by atoms with Gasteiger partial charge in [-0.2, -0.15) is 0 Å². The van der Waals surface area contributed by atoms with Gasteiger partial charge in [0.1, 0.15) is 11.6 Å². The molecule has 0 aliphatic rings. The molecule has 0 saturated carbocycles. The summed E-state index contributed by atoms with van der Waals surface area (Å²) in [6, 6.07) is 2.64. The highest BCUT2D eigenvalue weighted by molar-refractivity contribution is 7.10. The Kier molecular flexibility index (Phi) is 7.29. The maximum atomic E-state index is 13.5. The van der Waals surface area contributed by atoms with Gasteiger partial charge in [-0.3, -0.25) is 9.59 Å². The number of nitrogens with one attached hydrogen (secondary N) is 2. The first-order chi connectivity index (χ1) is 12.9. The first kappa shape index (κ1) is 20.4. The van der Waals surface area contributed by atoms with Gasteiger partial charge >= 0.3 is 5.97 Å². The van der Waals surface area contributed by atoms with E-state index in [2.05, 4.69) is 20.2 Å². The average molecular weight is 398 g/mol. The van der Waals surface area contributed by atoms with Crippen molar-refractivity contribution in [2.75, 3.05) is 18.5 Å². The Morgan fingerprint density at radius 2 is 2.04 bits per heavy atom. The number of carbonyl (C=O) groups is 3. The fraction of sp³-hybridized carbons (Fsp3) is 0.312. The normalized spacial score (nSPS) is 10.3. The molecule has 2 amide bonds. The van der Waals surface area contributed by atoms with Crippen LogP contribution in [0.25, 0.3) is 0 Å². The number of rotatable bonds is 8. The molecule has 11 heteroatoms. The van der Waals surface area contributed by atoms with E-state index < -0.39 is 29.4 Å². The molecule has 0 aliphatic carbocycles. The van der Waals surface area contributed by atoms with Crippen molar-refractivity contribution in [1.29, 1.82) is 0 Å². The molecule has 0 radical (unpaired) electrons. The van der Waals surface area contributed by atoms with Crippen molar-refractivity contribution in [2.24, 2.45) is 0 Å². The quantitative estimate of drug-likeness (QED) is 0.521. The molecule has 2 N–H and O–H groups in total. The summed E-state index contributed by atoms with van der Waals surface area (Å²) in [5.41, 5.74) is -0.356. The van der Waals surface area contributed by atoms with Gasteiger partial charge in [-0.25, -0.2) is 13.6 Å². The summed E-state index contributed by atoms with van der Waals surface area (Å²) >= 11 is 0.840. The zero-order valence-corrected chi connectivity index (χ0v) is 15.1. The highest BCUT2D eigenvalue weighted by atomic mass is 32.1. The van der Waals surface area contributed by atoms with Crippen molar-refractivity contribution in [1.82, 2.24) is 14.9 Å². The number of aromatic nitrogens is 2. The van der Waals surface area contributed by atoms with Gasteiger partial charge in [-0.05, 0) is 25.5 Å². The summed E-state index contributed by atoms with van der Waals surface area (Å²) in [5.74, 6) is -3.54. The number of carbonyl (C=O) groups excluding carboxylic acids is 3. The molecule has 2 rings (SSSR count). The van der Waals surface area contributed by atoms with Crippen LogP contribution in [-0.4, -0.2) is 40.5 Å². The van der Waals surface area contributed by atoms with Gasteiger partial charge in [0, 0.05) is 30.6 Å². The Balaban J connectivity index is 1.77. The number of hydrogen-bond donors (Lipinski definition) is 2. The van der Waals surface area contributed by atoms with E-state index >= 15 is 0 Å². The van der Waals surface area contributed by atoms with E-state index in [0.717, 1.165) is 23.7 Å². The number of halogens is 2. The molecule has 0 bridgehead atoms. The van der Waals surface area contributed by atoms with Gasteiger partial charge in [0.05, 0.1) is 12.2 Å². The molecule has 0 atom stereocenters. The van der Waals surface area contributed by atoms with Crippen molar-refractivity contribution >= 4 is 34.3 Å². The van der Waals surface area contributed by atoms with E-state index in [-0.39, 0.29) is 42.3 Å². The Morgan fingerprint density at radius 3 is 2.74 bits per heavy atom. The first-order valence-electron chi connectivity index (χ1n) is 7.95. The summed E-state index contributed by atoms with van der Waals surface area (Å²) in [7, 11) is 0. The minimum Gasteiger partial charge on any atom is -0.461 e. The molecule has 0 unspecified atom stereocenters. The zero-order valence-electron chi connectivity index (χ0n) is 14.3. The second-order valence-corrected chi connectivity index (χ2v) is 5.96. The fourth-order valence-corrected chi connectivity index (χ4v) is 2.59. The molecule has 0 fully saturated rings. The molecule has 27 heavy (non-hydrogen) atoms. The Labute approximate surface area is 157 Å². The lowest BCUT2D eigenvalue weighted by atomic mass is 10.2. The predicted octanol–water partition coefficient (Wildman–Crippen LogP) is 2.14. The van der Waals surface area contributed by atoms with Gasteiger partial charge < -0.3 is 15.4 Å². The summed E-state index contributed by atoms with van der Waals surface area (Å²) in [6.07, 6.45) is 0.299. The van der Waals surface area contributed by atoms with Gasteiger partial charge in [0.2, 0.25) is 11.6 Å². The van der Waals surface area contributed by atoms with Crippen LogP contribution in [0.15, 0.2) is 18.2 Å². The Morgan fingerprint density at radius 1 is 1.26 bits per heavy atom. The third-order valence-electron chi connectivity index (χ3n) is 3.25. The van der Waals surface area contributed by atoms with Crippen LogP contribution in [-0.2, 0) is 9.53 Å². The molecule has 0 saturated heterocycles. The van der Waals surface area contributed by atoms with Crippen molar-refractivity contribution in [2.45, 2.75) is 19.8 Å². The standard InChI is InChI=1S/C16H16F2N4O4S/c1-2-26-16(25)13-15(27-22-21-13)20-12(23)4-3-7-19-14(24)10-6-5-9(17)8-11(10)18/h5-6,8H,2-4,7H2,1H3,(H,19,24)(H,20,23). The maximum absolute atomic E-state index is 13.5. The average Bonchev–Trinajstić information content (AvgIpc) is 3.07. The number of amides is 2. The SMILES string of the molecule is CCOC(=O)c1nnsc1NC(=O)CCCNC(=O)c1ccc(F)cc1F. The van der Waals surface area contributed by atoms with Crippen LogP contribution in [0.3, 0.4) is 0 Å². The van der Waals surface area contributed by atoms with E-state index in [1.165, 1.54) is 0 Å². The van der Waals surface area contributed by atoms with Crippen LogP contribution < -0.4 is 10.6 Å². The molecule has 8 nitrogen and oxygen atoms in total. The largest absolute Gasteiger partial charge is 0.461 e. The molecular weight excluding hydrogens is 382 g/mol. The van der Waals surface area contributed by atoms with Crippen LogP contribution in [0.2, 0.25) is 0 Å². The first-order valence-corrected chi connectivity index (χ1v) is 8.72. The molecular formula is C16H16F2N4O4S. The Bertz CT molecular complexity index is 844. The predicted molar refractivity (Wildman–Crippen MR) is 92.4 cm³/mol. The third-order valence-corrected chi connectivity index (χ3v) is 3.89. The van der Waals surface area contributed by atoms with E-state index in [1.54, 1.807) is 6.92 Å². The fourth-order valence-electron chi connectivity index (χ4n) is 2.01. The summed E-state index contributed by atoms with van der Waals surface area (Å²) in [4.78, 5) is 35.4. The number of anilines is 1. The van der Waals surface area contributed by atoms with E-state index in [9.17, 15) is 23.2 Å². The highest BCUT2D eigenvalue weighted by Gasteiger charge is 2.19. The van der Waals surface area contributed by atoms with Crippen molar-refractivity contribution in [3.8, 4) is 0 Å². The number of esters is 1. The molecule has 0 aliphatic heterocycles. The number of hydrogen-bond acceptors (Lipinski definition) is 7. The number of benzene rings is 1.